The van der Waals surface area contributed by atoms with Crippen molar-refractivity contribution in [3.8, 4) is 11.1 Å². The maximum Gasteiger partial charge on any atom is 0.226 e. The van der Waals surface area contributed by atoms with Crippen molar-refractivity contribution in [1.82, 2.24) is 9.62 Å². The lowest BCUT2D eigenvalue weighted by molar-refractivity contribution is -0.133. The number of nitrogens with zero attached hydrogens (tertiary/aromatic N) is 1. The lowest BCUT2D eigenvalue weighted by Crippen LogP contribution is -2.49. The number of carbonyl (C=O) groups is 1. The molecule has 1 aliphatic heterocycles. The van der Waals surface area contributed by atoms with Crippen molar-refractivity contribution in [1.29, 1.82) is 0 Å². The number of benzene rings is 2. The highest BCUT2D eigenvalue weighted by Crippen LogP contribution is 2.52. The Hall–Kier alpha value is -1.89. The van der Waals surface area contributed by atoms with Crippen LogP contribution in [0.2, 0.25) is 5.02 Å². The molecule has 1 N–H and O–H groups in total. The van der Waals surface area contributed by atoms with Crippen LogP contribution in [-0.4, -0.2) is 44.6 Å². The molecule has 29 heavy (non-hydrogen) atoms. The Morgan fingerprint density at radius 1 is 1.14 bits per heavy atom. The SMILES string of the molecule is CS(=O)(=O)N[C@H]1CCCN(C(=O)[C@@H]2C[C@H]2c2cccc(Cl)c2-c2ccccc2)C1. The van der Waals surface area contributed by atoms with Crippen LogP contribution < -0.4 is 4.72 Å². The van der Waals surface area contributed by atoms with Crippen molar-refractivity contribution < 1.29 is 13.2 Å². The Morgan fingerprint density at radius 2 is 1.90 bits per heavy atom. The number of hydrogen-bond donors (Lipinski definition) is 1. The molecule has 0 spiro atoms. The molecule has 0 aromatic heterocycles. The summed E-state index contributed by atoms with van der Waals surface area (Å²) < 4.78 is 25.7. The summed E-state index contributed by atoms with van der Waals surface area (Å²) in [5.74, 6) is 0.210. The highest BCUT2D eigenvalue weighted by Gasteiger charge is 2.47. The Kier molecular flexibility index (Phi) is 5.69. The molecular weight excluding hydrogens is 408 g/mol. The third-order valence-electron chi connectivity index (χ3n) is 5.73. The first-order valence-electron chi connectivity index (χ1n) is 9.93. The molecule has 4 rings (SSSR count). The van der Waals surface area contributed by atoms with E-state index in [2.05, 4.69) is 10.8 Å². The molecule has 0 unspecified atom stereocenters. The molecule has 1 aliphatic carbocycles. The number of hydrogen-bond acceptors (Lipinski definition) is 3. The van der Waals surface area contributed by atoms with Gasteiger partial charge in [0.2, 0.25) is 15.9 Å². The fourth-order valence-corrected chi connectivity index (χ4v) is 5.47. The summed E-state index contributed by atoms with van der Waals surface area (Å²) in [4.78, 5) is 14.9. The number of sulfonamides is 1. The van der Waals surface area contributed by atoms with Gasteiger partial charge < -0.3 is 4.90 Å². The van der Waals surface area contributed by atoms with Crippen LogP contribution in [-0.2, 0) is 14.8 Å². The monoisotopic (exact) mass is 432 g/mol. The number of piperidine rings is 1. The predicted molar refractivity (Wildman–Crippen MR) is 115 cm³/mol. The van der Waals surface area contributed by atoms with Crippen molar-refractivity contribution in [2.75, 3.05) is 19.3 Å². The highest BCUT2D eigenvalue weighted by atomic mass is 35.5. The van der Waals surface area contributed by atoms with Gasteiger partial charge in [-0.25, -0.2) is 13.1 Å². The average Bonchev–Trinajstić information content (AvgIpc) is 3.47. The number of halogens is 1. The van der Waals surface area contributed by atoms with Gasteiger partial charge in [-0.2, -0.15) is 0 Å². The van der Waals surface area contributed by atoms with Gasteiger partial charge in [0.15, 0.2) is 0 Å². The van der Waals surface area contributed by atoms with Crippen LogP contribution in [0.1, 0.15) is 30.7 Å². The number of rotatable bonds is 5. The van der Waals surface area contributed by atoms with Crippen LogP contribution in [0.3, 0.4) is 0 Å². The molecule has 1 heterocycles. The van der Waals surface area contributed by atoms with E-state index in [1.807, 2.05) is 47.4 Å². The second-order valence-electron chi connectivity index (χ2n) is 8.03. The minimum absolute atomic E-state index is 0.0621. The van der Waals surface area contributed by atoms with Crippen LogP contribution in [0.4, 0.5) is 0 Å². The Balaban J connectivity index is 1.51. The van der Waals surface area contributed by atoms with E-state index in [0.717, 1.165) is 42.2 Å². The van der Waals surface area contributed by atoms with Gasteiger partial charge in [-0.1, -0.05) is 54.1 Å². The molecule has 3 atom stereocenters. The zero-order valence-corrected chi connectivity index (χ0v) is 17.9. The van der Waals surface area contributed by atoms with E-state index in [1.165, 1.54) is 0 Å². The quantitative estimate of drug-likeness (QED) is 0.784. The van der Waals surface area contributed by atoms with Crippen molar-refractivity contribution in [2.24, 2.45) is 5.92 Å². The molecule has 0 bridgehead atoms. The van der Waals surface area contributed by atoms with Gasteiger partial charge in [-0.15, -0.1) is 0 Å². The summed E-state index contributed by atoms with van der Waals surface area (Å²) in [6.07, 6.45) is 3.54. The summed E-state index contributed by atoms with van der Waals surface area (Å²) in [6, 6.07) is 15.7. The van der Waals surface area contributed by atoms with Crippen LogP contribution in [0.15, 0.2) is 48.5 Å². The van der Waals surface area contributed by atoms with Gasteiger partial charge in [0, 0.05) is 35.6 Å². The summed E-state index contributed by atoms with van der Waals surface area (Å²) in [6.45, 7) is 1.13. The lowest BCUT2D eigenvalue weighted by atomic mass is 9.95. The minimum Gasteiger partial charge on any atom is -0.341 e. The predicted octanol–water partition coefficient (Wildman–Crippen LogP) is 3.65. The fraction of sp³-hybridized carbons (Fsp3) is 0.409. The van der Waals surface area contributed by atoms with Crippen molar-refractivity contribution >= 4 is 27.5 Å². The van der Waals surface area contributed by atoms with Crippen LogP contribution in [0.25, 0.3) is 11.1 Å². The first kappa shape index (κ1) is 20.4. The van der Waals surface area contributed by atoms with Gasteiger partial charge in [-0.05, 0) is 42.4 Å². The number of carbonyl (C=O) groups excluding carboxylic acids is 1. The van der Waals surface area contributed by atoms with E-state index in [9.17, 15) is 13.2 Å². The van der Waals surface area contributed by atoms with E-state index < -0.39 is 10.0 Å². The van der Waals surface area contributed by atoms with Crippen molar-refractivity contribution in [3.05, 3.63) is 59.1 Å². The van der Waals surface area contributed by atoms with E-state index >= 15 is 0 Å². The topological polar surface area (TPSA) is 66.5 Å². The van der Waals surface area contributed by atoms with Crippen LogP contribution in [0.5, 0.6) is 0 Å². The van der Waals surface area contributed by atoms with Gasteiger partial charge in [-0.3, -0.25) is 4.79 Å². The molecule has 7 heteroatoms. The maximum atomic E-state index is 13.1. The number of amides is 1. The second kappa shape index (κ2) is 8.09. The zero-order chi connectivity index (χ0) is 20.6. The summed E-state index contributed by atoms with van der Waals surface area (Å²) >= 11 is 6.53. The molecule has 5 nitrogen and oxygen atoms in total. The summed E-state index contributed by atoms with van der Waals surface area (Å²) in [5.41, 5.74) is 3.18. The average molecular weight is 433 g/mol. The Morgan fingerprint density at radius 3 is 2.62 bits per heavy atom. The van der Waals surface area contributed by atoms with Crippen LogP contribution in [0, 0.1) is 5.92 Å². The molecule has 2 aliphatic rings. The summed E-state index contributed by atoms with van der Waals surface area (Å²) in [5, 5.41) is 0.696. The molecule has 0 radical (unpaired) electrons. The number of nitrogens with one attached hydrogen (secondary N) is 1. The zero-order valence-electron chi connectivity index (χ0n) is 16.3. The molecule has 2 aromatic carbocycles. The fourth-order valence-electron chi connectivity index (χ4n) is 4.38. The number of likely N-dealkylation sites (tertiary alicyclic amines) is 1. The first-order chi connectivity index (χ1) is 13.8. The van der Waals surface area contributed by atoms with Crippen molar-refractivity contribution in [3.63, 3.8) is 0 Å². The van der Waals surface area contributed by atoms with E-state index in [-0.39, 0.29) is 23.8 Å². The maximum absolute atomic E-state index is 13.1. The third-order valence-corrected chi connectivity index (χ3v) is 6.81. The van der Waals surface area contributed by atoms with Gasteiger partial charge in [0.05, 0.1) is 6.26 Å². The van der Waals surface area contributed by atoms with Gasteiger partial charge in [0.1, 0.15) is 0 Å². The molecule has 1 amide bonds. The molecule has 1 saturated heterocycles. The van der Waals surface area contributed by atoms with E-state index in [1.54, 1.807) is 0 Å². The molecule has 1 saturated carbocycles. The standard InChI is InChI=1S/C22H25ClN2O3S/c1-29(27,28)24-16-9-6-12-25(14-16)22(26)19-13-18(19)17-10-5-11-20(23)21(17)15-7-3-2-4-8-15/h2-5,7-8,10-11,16,18-19,24H,6,9,12-14H2,1H3/t16-,18-,19+/m0/s1. The van der Waals surface area contributed by atoms with E-state index in [0.29, 0.717) is 18.1 Å². The Labute approximate surface area is 177 Å². The largest absolute Gasteiger partial charge is 0.341 e. The third kappa shape index (κ3) is 4.65. The van der Waals surface area contributed by atoms with Gasteiger partial charge >= 0.3 is 0 Å². The minimum atomic E-state index is -3.27. The smallest absolute Gasteiger partial charge is 0.226 e. The highest BCUT2D eigenvalue weighted by molar-refractivity contribution is 7.88. The van der Waals surface area contributed by atoms with Crippen molar-refractivity contribution in [2.45, 2.75) is 31.2 Å². The van der Waals surface area contributed by atoms with Gasteiger partial charge in [0.25, 0.3) is 0 Å². The normalized spacial score (nSPS) is 24.3. The second-order valence-corrected chi connectivity index (χ2v) is 10.2. The molecular formula is C22H25ClN2O3S. The molecule has 2 aromatic rings. The molecule has 2 fully saturated rings. The summed E-state index contributed by atoms with van der Waals surface area (Å²) in [7, 11) is -3.27. The lowest BCUT2D eigenvalue weighted by Gasteiger charge is -2.33. The first-order valence-corrected chi connectivity index (χ1v) is 12.2. The molecule has 154 valence electrons. The van der Waals surface area contributed by atoms with E-state index in [4.69, 9.17) is 11.6 Å². The Bertz CT molecular complexity index is 1010. The van der Waals surface area contributed by atoms with Crippen LogP contribution >= 0.6 is 11.6 Å².